The largest absolute Gasteiger partial charge is 0.380 e. The predicted octanol–water partition coefficient (Wildman–Crippen LogP) is 3.00. The maximum atomic E-state index is 5.77. The highest BCUT2D eigenvalue weighted by Crippen LogP contribution is 2.24. The van der Waals surface area contributed by atoms with Crippen LogP contribution < -0.4 is 5.32 Å². The molecule has 1 saturated heterocycles. The molecule has 0 amide bonds. The van der Waals surface area contributed by atoms with Crippen LogP contribution >= 0.6 is 0 Å². The molecule has 0 saturated carbocycles. The van der Waals surface area contributed by atoms with E-state index >= 15 is 0 Å². The first-order valence-corrected chi connectivity index (χ1v) is 8.45. The Labute approximate surface area is 126 Å². The minimum atomic E-state index is 0.533. The Kier molecular flexibility index (Phi) is 7.49. The number of nitrogens with zero attached hydrogens (tertiary/aromatic N) is 1. The van der Waals surface area contributed by atoms with Gasteiger partial charge in [-0.25, -0.2) is 0 Å². The van der Waals surface area contributed by atoms with E-state index in [2.05, 4.69) is 58.7 Å². The van der Waals surface area contributed by atoms with Crippen LogP contribution in [-0.4, -0.2) is 49.3 Å². The van der Waals surface area contributed by atoms with Crippen molar-refractivity contribution in [3.05, 3.63) is 0 Å². The molecular formula is C17H36N2O. The fourth-order valence-corrected chi connectivity index (χ4v) is 3.17. The van der Waals surface area contributed by atoms with Gasteiger partial charge in [0.2, 0.25) is 0 Å². The van der Waals surface area contributed by atoms with Crippen LogP contribution in [0, 0.1) is 17.8 Å². The SMILES string of the molecule is CCOCC(C(C)C)N1CC(C(C)C)NCC1C(C)C. The zero-order chi connectivity index (χ0) is 15.3. The number of nitrogens with one attached hydrogen (secondary N) is 1. The summed E-state index contributed by atoms with van der Waals surface area (Å²) in [5, 5.41) is 3.75. The minimum absolute atomic E-state index is 0.533. The molecule has 1 aliphatic heterocycles. The lowest BCUT2D eigenvalue weighted by atomic mass is 9.90. The van der Waals surface area contributed by atoms with Crippen molar-refractivity contribution >= 4 is 0 Å². The van der Waals surface area contributed by atoms with Crippen LogP contribution in [0.5, 0.6) is 0 Å². The van der Waals surface area contributed by atoms with Crippen LogP contribution in [0.15, 0.2) is 0 Å². The van der Waals surface area contributed by atoms with E-state index in [0.29, 0.717) is 35.9 Å². The van der Waals surface area contributed by atoms with E-state index < -0.39 is 0 Å². The van der Waals surface area contributed by atoms with E-state index in [-0.39, 0.29) is 0 Å². The van der Waals surface area contributed by atoms with Crippen LogP contribution in [0.3, 0.4) is 0 Å². The zero-order valence-corrected chi connectivity index (χ0v) is 14.6. The highest BCUT2D eigenvalue weighted by atomic mass is 16.5. The maximum absolute atomic E-state index is 5.77. The average Bonchev–Trinajstić information content (AvgIpc) is 2.38. The molecule has 1 fully saturated rings. The van der Waals surface area contributed by atoms with Gasteiger partial charge in [-0.15, -0.1) is 0 Å². The van der Waals surface area contributed by atoms with Crippen molar-refractivity contribution in [3.63, 3.8) is 0 Å². The molecule has 0 aromatic carbocycles. The molecule has 3 atom stereocenters. The Bertz CT molecular complexity index is 266. The van der Waals surface area contributed by atoms with Crippen molar-refractivity contribution < 1.29 is 4.74 Å². The summed E-state index contributed by atoms with van der Waals surface area (Å²) in [6, 6.07) is 1.76. The summed E-state index contributed by atoms with van der Waals surface area (Å²) in [6.07, 6.45) is 0. The van der Waals surface area contributed by atoms with Gasteiger partial charge in [-0.3, -0.25) is 4.90 Å². The molecule has 1 aliphatic rings. The van der Waals surface area contributed by atoms with E-state index in [1.54, 1.807) is 0 Å². The fourth-order valence-electron chi connectivity index (χ4n) is 3.17. The summed E-state index contributed by atoms with van der Waals surface area (Å²) in [4.78, 5) is 2.73. The normalized spacial score (nSPS) is 26.7. The summed E-state index contributed by atoms with van der Waals surface area (Å²) in [5.74, 6) is 2.00. The molecule has 3 heteroatoms. The van der Waals surface area contributed by atoms with Crippen LogP contribution in [0.1, 0.15) is 48.5 Å². The Morgan fingerprint density at radius 3 is 2.20 bits per heavy atom. The third-order valence-electron chi connectivity index (χ3n) is 4.69. The number of piperazine rings is 1. The standard InChI is InChI=1S/C17H36N2O/c1-8-20-11-17(14(6)7)19-10-15(12(2)3)18-9-16(19)13(4)5/h12-18H,8-11H2,1-7H3. The van der Waals surface area contributed by atoms with E-state index in [4.69, 9.17) is 4.74 Å². The number of hydrogen-bond acceptors (Lipinski definition) is 3. The lowest BCUT2D eigenvalue weighted by Crippen LogP contribution is -2.63. The van der Waals surface area contributed by atoms with Gasteiger partial charge in [-0.2, -0.15) is 0 Å². The van der Waals surface area contributed by atoms with Gasteiger partial charge in [0.05, 0.1) is 6.61 Å². The molecule has 0 aromatic rings. The van der Waals surface area contributed by atoms with E-state index in [1.165, 1.54) is 0 Å². The first-order chi connectivity index (χ1) is 9.38. The summed E-state index contributed by atoms with van der Waals surface area (Å²) < 4.78 is 5.77. The number of hydrogen-bond donors (Lipinski definition) is 1. The molecule has 0 aliphatic carbocycles. The second-order valence-corrected chi connectivity index (χ2v) is 7.24. The van der Waals surface area contributed by atoms with Gasteiger partial charge in [0.25, 0.3) is 0 Å². The van der Waals surface area contributed by atoms with Gasteiger partial charge in [0, 0.05) is 37.8 Å². The lowest BCUT2D eigenvalue weighted by Gasteiger charge is -2.48. The zero-order valence-electron chi connectivity index (χ0n) is 14.6. The van der Waals surface area contributed by atoms with Gasteiger partial charge in [0.1, 0.15) is 0 Å². The fraction of sp³-hybridized carbons (Fsp3) is 1.00. The monoisotopic (exact) mass is 284 g/mol. The smallest absolute Gasteiger partial charge is 0.0624 e. The van der Waals surface area contributed by atoms with Gasteiger partial charge < -0.3 is 10.1 Å². The van der Waals surface area contributed by atoms with Crippen molar-refractivity contribution in [2.45, 2.75) is 66.6 Å². The van der Waals surface area contributed by atoms with Crippen molar-refractivity contribution in [1.29, 1.82) is 0 Å². The summed E-state index contributed by atoms with van der Waals surface area (Å²) in [7, 11) is 0. The van der Waals surface area contributed by atoms with Gasteiger partial charge in [-0.05, 0) is 24.7 Å². The van der Waals surface area contributed by atoms with Crippen molar-refractivity contribution in [2.24, 2.45) is 17.8 Å². The molecule has 120 valence electrons. The molecule has 1 rings (SSSR count). The minimum Gasteiger partial charge on any atom is -0.380 e. The van der Waals surface area contributed by atoms with Crippen molar-refractivity contribution in [2.75, 3.05) is 26.3 Å². The lowest BCUT2D eigenvalue weighted by molar-refractivity contribution is -0.0165. The first-order valence-electron chi connectivity index (χ1n) is 8.45. The molecule has 0 radical (unpaired) electrons. The van der Waals surface area contributed by atoms with Gasteiger partial charge in [-0.1, -0.05) is 41.5 Å². The highest BCUT2D eigenvalue weighted by Gasteiger charge is 2.36. The third-order valence-corrected chi connectivity index (χ3v) is 4.69. The van der Waals surface area contributed by atoms with Crippen molar-refractivity contribution in [3.8, 4) is 0 Å². The second kappa shape index (κ2) is 8.35. The number of ether oxygens (including phenoxy) is 1. The van der Waals surface area contributed by atoms with Crippen molar-refractivity contribution in [1.82, 2.24) is 10.2 Å². The Balaban J connectivity index is 2.84. The number of rotatable bonds is 7. The molecule has 20 heavy (non-hydrogen) atoms. The molecule has 1 N–H and O–H groups in total. The van der Waals surface area contributed by atoms with Crippen LogP contribution in [0.25, 0.3) is 0 Å². The quantitative estimate of drug-likeness (QED) is 0.778. The molecule has 3 nitrogen and oxygen atoms in total. The summed E-state index contributed by atoms with van der Waals surface area (Å²) in [6.45, 7) is 20.0. The van der Waals surface area contributed by atoms with E-state index in [1.807, 2.05) is 0 Å². The van der Waals surface area contributed by atoms with E-state index in [9.17, 15) is 0 Å². The Hall–Kier alpha value is -0.120. The average molecular weight is 284 g/mol. The third kappa shape index (κ3) is 4.71. The Morgan fingerprint density at radius 1 is 1.10 bits per heavy atom. The molecule has 0 aromatic heterocycles. The maximum Gasteiger partial charge on any atom is 0.0624 e. The van der Waals surface area contributed by atoms with Gasteiger partial charge in [0.15, 0.2) is 0 Å². The van der Waals surface area contributed by atoms with Crippen LogP contribution in [0.4, 0.5) is 0 Å². The highest BCUT2D eigenvalue weighted by molar-refractivity contribution is 4.93. The first kappa shape index (κ1) is 17.9. The second-order valence-electron chi connectivity index (χ2n) is 7.24. The summed E-state index contributed by atoms with van der Waals surface area (Å²) >= 11 is 0. The van der Waals surface area contributed by atoms with Gasteiger partial charge >= 0.3 is 0 Å². The molecule has 1 heterocycles. The Morgan fingerprint density at radius 2 is 1.75 bits per heavy atom. The van der Waals surface area contributed by atoms with Crippen LogP contribution in [-0.2, 0) is 4.74 Å². The van der Waals surface area contributed by atoms with Crippen LogP contribution in [0.2, 0.25) is 0 Å². The van der Waals surface area contributed by atoms with E-state index in [0.717, 1.165) is 26.3 Å². The molecule has 3 unspecified atom stereocenters. The molecule has 0 spiro atoms. The predicted molar refractivity (Wildman–Crippen MR) is 87.1 cm³/mol. The molecule has 0 bridgehead atoms. The summed E-state index contributed by atoms with van der Waals surface area (Å²) in [5.41, 5.74) is 0. The molecular weight excluding hydrogens is 248 g/mol. The topological polar surface area (TPSA) is 24.5 Å².